The summed E-state index contributed by atoms with van der Waals surface area (Å²) in [6, 6.07) is 4.48. The van der Waals surface area contributed by atoms with Crippen LogP contribution in [-0.2, 0) is 0 Å². The maximum Gasteiger partial charge on any atom is 0.321 e. The third-order valence-electron chi connectivity index (χ3n) is 0.950. The Morgan fingerprint density at radius 3 is 2.70 bits per heavy atom. The Morgan fingerprint density at radius 2 is 2.30 bits per heavy atom. The van der Waals surface area contributed by atoms with Gasteiger partial charge in [-0.3, -0.25) is 0 Å². The van der Waals surface area contributed by atoms with Crippen LogP contribution in [0.5, 0.6) is 0 Å². The van der Waals surface area contributed by atoms with E-state index in [0.29, 0.717) is 4.64 Å². The summed E-state index contributed by atoms with van der Waals surface area (Å²) in [6.45, 7) is 0. The van der Waals surface area contributed by atoms with Crippen LogP contribution in [-0.4, -0.2) is 9.91 Å². The number of pyridine rings is 1. The van der Waals surface area contributed by atoms with Gasteiger partial charge < -0.3 is 10.1 Å². The van der Waals surface area contributed by atoms with Crippen LogP contribution in [0.1, 0.15) is 0 Å². The van der Waals surface area contributed by atoms with Crippen LogP contribution in [0.4, 0.5) is 5.82 Å². The number of nitrogens with one attached hydrogen (secondary N) is 1. The van der Waals surface area contributed by atoms with Crippen molar-refractivity contribution in [2.45, 2.75) is 0 Å². The first-order valence-electron chi connectivity index (χ1n) is 2.54. The van der Waals surface area contributed by atoms with Gasteiger partial charge in [0.25, 0.3) is 0 Å². The van der Waals surface area contributed by atoms with Crippen LogP contribution >= 0.6 is 12.2 Å². The Morgan fingerprint density at radius 1 is 1.60 bits per heavy atom. The lowest BCUT2D eigenvalue weighted by Gasteiger charge is -1.90. The minimum absolute atomic E-state index is 0.0764. The molecule has 1 aromatic rings. The largest absolute Gasteiger partial charge is 0.358 e. The minimum Gasteiger partial charge on any atom is -0.358 e. The molecule has 0 saturated carbocycles. The van der Waals surface area contributed by atoms with Crippen molar-refractivity contribution in [1.82, 2.24) is 4.98 Å². The fraction of sp³-hybridized carbons (Fsp3) is 0. The van der Waals surface area contributed by atoms with E-state index in [0.717, 1.165) is 0 Å². The molecule has 5 heteroatoms. The van der Waals surface area contributed by atoms with Gasteiger partial charge in [-0.2, -0.15) is 0 Å². The van der Waals surface area contributed by atoms with E-state index >= 15 is 0 Å². The molecule has 0 radical (unpaired) electrons. The quantitative estimate of drug-likeness (QED) is 0.382. The summed E-state index contributed by atoms with van der Waals surface area (Å²) in [7, 11) is 0. The molecule has 0 saturated heterocycles. The molecule has 0 amide bonds. The van der Waals surface area contributed by atoms with Crippen molar-refractivity contribution in [3.63, 3.8) is 0 Å². The lowest BCUT2D eigenvalue weighted by atomic mass is 10.5. The van der Waals surface area contributed by atoms with E-state index in [9.17, 15) is 10.1 Å². The summed E-state index contributed by atoms with van der Waals surface area (Å²) < 4.78 is 0.370. The lowest BCUT2D eigenvalue weighted by molar-refractivity contribution is -0.389. The van der Waals surface area contributed by atoms with E-state index in [1.54, 1.807) is 6.07 Å². The van der Waals surface area contributed by atoms with Gasteiger partial charge in [0.05, 0.1) is 0 Å². The van der Waals surface area contributed by atoms with Crippen molar-refractivity contribution in [3.8, 4) is 0 Å². The SMILES string of the molecule is O=[N+]([O-])c1cccc(=S)[nH]1. The van der Waals surface area contributed by atoms with Crippen LogP contribution in [0.3, 0.4) is 0 Å². The third-order valence-corrected chi connectivity index (χ3v) is 1.19. The summed E-state index contributed by atoms with van der Waals surface area (Å²) in [5, 5.41) is 10.1. The number of hydrogen-bond acceptors (Lipinski definition) is 3. The highest BCUT2D eigenvalue weighted by Crippen LogP contribution is 2.03. The molecule has 0 aliphatic heterocycles. The van der Waals surface area contributed by atoms with Crippen molar-refractivity contribution in [2.24, 2.45) is 0 Å². The first-order chi connectivity index (χ1) is 4.70. The molecule has 1 N–H and O–H groups in total. The average molecular weight is 156 g/mol. The maximum atomic E-state index is 10.1. The first kappa shape index (κ1) is 6.88. The summed E-state index contributed by atoms with van der Waals surface area (Å²) in [5.41, 5.74) is 0. The Balaban J connectivity index is 3.20. The normalized spacial score (nSPS) is 9.20. The van der Waals surface area contributed by atoms with Crippen LogP contribution < -0.4 is 0 Å². The number of aromatic amines is 1. The molecule has 0 aromatic carbocycles. The molecule has 0 fully saturated rings. The maximum absolute atomic E-state index is 10.1. The van der Waals surface area contributed by atoms with Gasteiger partial charge in [-0.05, 0) is 29.3 Å². The molecule has 0 spiro atoms. The Kier molecular flexibility index (Phi) is 1.77. The van der Waals surface area contributed by atoms with Crippen LogP contribution in [0.15, 0.2) is 18.2 Å². The average Bonchev–Trinajstić information content (AvgIpc) is 1.88. The molecular formula is C5H4N2O2S. The van der Waals surface area contributed by atoms with Gasteiger partial charge in [-0.25, -0.2) is 4.98 Å². The molecule has 0 aliphatic rings. The Bertz CT molecular complexity index is 307. The Hall–Kier alpha value is -1.23. The summed E-state index contributed by atoms with van der Waals surface area (Å²) in [4.78, 5) is 12.0. The third kappa shape index (κ3) is 1.38. The van der Waals surface area contributed by atoms with E-state index in [2.05, 4.69) is 17.2 Å². The van der Waals surface area contributed by atoms with Crippen molar-refractivity contribution in [1.29, 1.82) is 0 Å². The highest BCUT2D eigenvalue weighted by molar-refractivity contribution is 7.71. The van der Waals surface area contributed by atoms with Gasteiger partial charge in [0.1, 0.15) is 0 Å². The first-order valence-corrected chi connectivity index (χ1v) is 2.95. The van der Waals surface area contributed by atoms with Crippen LogP contribution in [0, 0.1) is 14.8 Å². The summed E-state index contributed by atoms with van der Waals surface area (Å²) >= 11 is 4.66. The molecule has 1 aromatic heterocycles. The second kappa shape index (κ2) is 2.57. The van der Waals surface area contributed by atoms with Crippen molar-refractivity contribution in [2.75, 3.05) is 0 Å². The predicted octanol–water partition coefficient (Wildman–Crippen LogP) is 1.65. The van der Waals surface area contributed by atoms with Crippen molar-refractivity contribution < 1.29 is 4.92 Å². The van der Waals surface area contributed by atoms with E-state index in [1.807, 2.05) is 0 Å². The minimum atomic E-state index is -0.518. The highest BCUT2D eigenvalue weighted by atomic mass is 32.1. The monoisotopic (exact) mass is 156 g/mol. The second-order valence-corrected chi connectivity index (χ2v) is 2.10. The van der Waals surface area contributed by atoms with Gasteiger partial charge in [0, 0.05) is 6.07 Å². The fourth-order valence-corrected chi connectivity index (χ4v) is 0.726. The Labute approximate surface area is 61.7 Å². The summed E-state index contributed by atoms with van der Waals surface area (Å²) in [5.74, 6) is -0.0764. The molecular weight excluding hydrogens is 152 g/mol. The molecule has 52 valence electrons. The van der Waals surface area contributed by atoms with Gasteiger partial charge in [-0.1, -0.05) is 0 Å². The lowest BCUT2D eigenvalue weighted by Crippen LogP contribution is -1.90. The molecule has 10 heavy (non-hydrogen) atoms. The number of nitro groups is 1. The second-order valence-electron chi connectivity index (χ2n) is 1.66. The zero-order valence-corrected chi connectivity index (χ0v) is 5.72. The van der Waals surface area contributed by atoms with Gasteiger partial charge in [0.15, 0.2) is 4.64 Å². The van der Waals surface area contributed by atoms with E-state index in [-0.39, 0.29) is 5.82 Å². The fourth-order valence-electron chi connectivity index (χ4n) is 0.543. The van der Waals surface area contributed by atoms with Crippen LogP contribution in [0.2, 0.25) is 0 Å². The highest BCUT2D eigenvalue weighted by Gasteiger charge is 1.98. The molecule has 0 atom stereocenters. The summed E-state index contributed by atoms with van der Waals surface area (Å²) in [6.07, 6.45) is 0. The smallest absolute Gasteiger partial charge is 0.321 e. The predicted molar refractivity (Wildman–Crippen MR) is 38.3 cm³/mol. The van der Waals surface area contributed by atoms with Gasteiger partial charge in [-0.15, -0.1) is 0 Å². The van der Waals surface area contributed by atoms with Crippen LogP contribution in [0.25, 0.3) is 0 Å². The number of rotatable bonds is 1. The topological polar surface area (TPSA) is 58.9 Å². The van der Waals surface area contributed by atoms with Crippen molar-refractivity contribution >= 4 is 18.0 Å². The van der Waals surface area contributed by atoms with Crippen molar-refractivity contribution in [3.05, 3.63) is 33.0 Å². The number of H-pyrrole nitrogens is 1. The number of hydrogen-bond donors (Lipinski definition) is 1. The van der Waals surface area contributed by atoms with E-state index in [4.69, 9.17) is 0 Å². The number of nitrogens with zero attached hydrogens (tertiary/aromatic N) is 1. The van der Waals surface area contributed by atoms with E-state index < -0.39 is 4.92 Å². The molecule has 0 bridgehead atoms. The zero-order valence-electron chi connectivity index (χ0n) is 4.90. The number of aromatic nitrogens is 1. The van der Waals surface area contributed by atoms with Gasteiger partial charge in [0.2, 0.25) is 0 Å². The van der Waals surface area contributed by atoms with Gasteiger partial charge >= 0.3 is 5.82 Å². The standard InChI is InChI=1S/C5H4N2O2S/c8-7(9)4-2-1-3-5(10)6-4/h1-3H,(H,6,10). The molecule has 1 rings (SSSR count). The molecule has 1 heterocycles. The van der Waals surface area contributed by atoms with E-state index in [1.165, 1.54) is 12.1 Å². The molecule has 4 nitrogen and oxygen atoms in total. The molecule has 0 aliphatic carbocycles. The molecule has 0 unspecified atom stereocenters. The zero-order chi connectivity index (χ0) is 7.56.